The van der Waals surface area contributed by atoms with Crippen LogP contribution < -0.4 is 4.90 Å². The van der Waals surface area contributed by atoms with Crippen molar-refractivity contribution in [1.29, 1.82) is 5.26 Å². The number of nitrogens with zero attached hydrogens (tertiary/aromatic N) is 3. The van der Waals surface area contributed by atoms with Gasteiger partial charge in [0.15, 0.2) is 12.4 Å². The topological polar surface area (TPSA) is 117 Å². The summed E-state index contributed by atoms with van der Waals surface area (Å²) in [7, 11) is 0. The molecule has 1 aliphatic heterocycles. The molecule has 10 heteroatoms. The number of carbonyl (C=O) groups is 4. The fourth-order valence-corrected chi connectivity index (χ4v) is 6.61. The largest absolute Gasteiger partial charge is 0.454 e. The summed E-state index contributed by atoms with van der Waals surface area (Å²) >= 11 is 4.41. The number of nitriles is 1. The van der Waals surface area contributed by atoms with E-state index in [9.17, 15) is 24.4 Å². The first-order valence-corrected chi connectivity index (χ1v) is 16.6. The lowest BCUT2D eigenvalue weighted by atomic mass is 9.98. The van der Waals surface area contributed by atoms with Gasteiger partial charge in [0, 0.05) is 27.6 Å². The van der Waals surface area contributed by atoms with Crippen LogP contribution in [0.1, 0.15) is 38.3 Å². The molecule has 1 saturated heterocycles. The maximum absolute atomic E-state index is 13.7. The molecule has 1 unspecified atom stereocenters. The second-order valence-electron chi connectivity index (χ2n) is 11.0. The molecule has 1 aliphatic rings. The molecule has 8 nitrogen and oxygen atoms in total. The molecule has 6 rings (SSSR count). The van der Waals surface area contributed by atoms with Crippen molar-refractivity contribution < 1.29 is 23.9 Å². The summed E-state index contributed by atoms with van der Waals surface area (Å²) in [6.07, 6.45) is -0.0898. The van der Waals surface area contributed by atoms with E-state index in [4.69, 9.17) is 9.72 Å². The lowest BCUT2D eigenvalue weighted by molar-refractivity contribution is -0.121. The zero-order chi connectivity index (χ0) is 33.8. The molecule has 48 heavy (non-hydrogen) atoms. The van der Waals surface area contributed by atoms with Gasteiger partial charge in [-0.05, 0) is 55.0 Å². The van der Waals surface area contributed by atoms with Crippen molar-refractivity contribution in [2.45, 2.75) is 23.6 Å². The number of aromatic nitrogens is 1. The van der Waals surface area contributed by atoms with Crippen LogP contribution in [-0.2, 0) is 14.3 Å². The maximum Gasteiger partial charge on any atom is 0.338 e. The van der Waals surface area contributed by atoms with Crippen LogP contribution in [0.15, 0.2) is 119 Å². The summed E-state index contributed by atoms with van der Waals surface area (Å²) in [6, 6.07) is 34.1. The Balaban J connectivity index is 1.21. The third kappa shape index (κ3) is 6.98. The van der Waals surface area contributed by atoms with Gasteiger partial charge in [-0.25, -0.2) is 14.7 Å². The van der Waals surface area contributed by atoms with E-state index in [0.29, 0.717) is 33.1 Å². The Morgan fingerprint density at radius 1 is 0.917 bits per heavy atom. The van der Waals surface area contributed by atoms with E-state index in [1.807, 2.05) is 67.6 Å². The number of carbonyl (C=O) groups excluding carboxylic acids is 4. The molecule has 2 heterocycles. The lowest BCUT2D eigenvalue weighted by Crippen LogP contribution is -2.31. The first-order chi connectivity index (χ1) is 23.2. The van der Waals surface area contributed by atoms with Gasteiger partial charge in [0.1, 0.15) is 11.1 Å². The van der Waals surface area contributed by atoms with E-state index in [-0.39, 0.29) is 17.8 Å². The molecule has 4 aromatic carbocycles. The molecule has 236 valence electrons. The third-order valence-corrected chi connectivity index (χ3v) is 9.45. The molecule has 0 saturated carbocycles. The average molecular weight is 717 g/mol. The number of esters is 1. The van der Waals surface area contributed by atoms with Gasteiger partial charge in [-0.1, -0.05) is 100.0 Å². The summed E-state index contributed by atoms with van der Waals surface area (Å²) in [5.74, 6) is -1.92. The van der Waals surface area contributed by atoms with Crippen LogP contribution in [0.3, 0.4) is 0 Å². The van der Waals surface area contributed by atoms with Crippen LogP contribution in [0.5, 0.6) is 0 Å². The number of anilines is 1. The minimum absolute atomic E-state index is 0.0898. The number of hydrogen-bond acceptors (Lipinski definition) is 8. The molecule has 2 amide bonds. The van der Waals surface area contributed by atoms with Crippen LogP contribution in [0.4, 0.5) is 5.69 Å². The van der Waals surface area contributed by atoms with Crippen molar-refractivity contribution in [3.63, 3.8) is 0 Å². The Morgan fingerprint density at radius 2 is 1.58 bits per heavy atom. The second-order valence-corrected chi connectivity index (χ2v) is 13.1. The standard InChI is InChI=1S/C38H26BrN3O5S/c1-23-7-9-24(10-8-23)30-19-32(25-5-3-2-4-6-25)41-36(31(30)21-40)48-34-20-35(44)42(37(34)45)29-17-13-27(14-18-29)38(46)47-22-33(43)26-11-15-28(39)16-12-26/h2-19,34H,20,22H2,1H3. The molecule has 0 spiro atoms. The number of ether oxygens (including phenoxy) is 1. The molecular weight excluding hydrogens is 690 g/mol. The summed E-state index contributed by atoms with van der Waals surface area (Å²) in [4.78, 5) is 57.7. The van der Waals surface area contributed by atoms with Crippen molar-refractivity contribution in [2.24, 2.45) is 0 Å². The number of aryl methyl sites for hydroxylation is 1. The van der Waals surface area contributed by atoms with E-state index < -0.39 is 29.6 Å². The van der Waals surface area contributed by atoms with Crippen LogP contribution in [-0.4, -0.2) is 40.4 Å². The molecule has 1 aromatic heterocycles. The van der Waals surface area contributed by atoms with Crippen LogP contribution in [0.25, 0.3) is 22.4 Å². The fourth-order valence-electron chi connectivity index (χ4n) is 5.21. The predicted molar refractivity (Wildman–Crippen MR) is 187 cm³/mol. The highest BCUT2D eigenvalue weighted by Crippen LogP contribution is 2.39. The van der Waals surface area contributed by atoms with Crippen molar-refractivity contribution in [2.75, 3.05) is 11.5 Å². The number of benzene rings is 4. The average Bonchev–Trinajstić information content (AvgIpc) is 3.39. The minimum Gasteiger partial charge on any atom is -0.454 e. The predicted octanol–water partition coefficient (Wildman–Crippen LogP) is 7.82. The molecule has 0 aliphatic carbocycles. The highest BCUT2D eigenvalue weighted by molar-refractivity contribution is 9.10. The SMILES string of the molecule is Cc1ccc(-c2cc(-c3ccccc3)nc(SC3CC(=O)N(c4ccc(C(=O)OCC(=O)c5ccc(Br)cc5)cc4)C3=O)c2C#N)cc1. The highest BCUT2D eigenvalue weighted by atomic mass is 79.9. The van der Waals surface area contributed by atoms with Gasteiger partial charge in [-0.15, -0.1) is 0 Å². The summed E-state index contributed by atoms with van der Waals surface area (Å²) < 4.78 is 6.02. The fraction of sp³-hybridized carbons (Fsp3) is 0.105. The lowest BCUT2D eigenvalue weighted by Gasteiger charge is -2.16. The summed E-state index contributed by atoms with van der Waals surface area (Å²) in [5.41, 5.74) is 5.29. The van der Waals surface area contributed by atoms with E-state index in [2.05, 4.69) is 22.0 Å². The van der Waals surface area contributed by atoms with Gasteiger partial charge in [-0.3, -0.25) is 14.4 Å². The number of amides is 2. The number of rotatable bonds is 9. The highest BCUT2D eigenvalue weighted by Gasteiger charge is 2.41. The molecule has 0 radical (unpaired) electrons. The van der Waals surface area contributed by atoms with E-state index >= 15 is 0 Å². The summed E-state index contributed by atoms with van der Waals surface area (Å²) in [6.45, 7) is 1.56. The Hall–Kier alpha value is -5.37. The monoisotopic (exact) mass is 715 g/mol. The van der Waals surface area contributed by atoms with Gasteiger partial charge in [0.2, 0.25) is 11.8 Å². The van der Waals surface area contributed by atoms with E-state index in [1.54, 1.807) is 24.3 Å². The van der Waals surface area contributed by atoms with Gasteiger partial charge in [0.05, 0.1) is 27.8 Å². The number of imide groups is 1. The Morgan fingerprint density at radius 3 is 2.25 bits per heavy atom. The van der Waals surface area contributed by atoms with Crippen LogP contribution in [0, 0.1) is 18.3 Å². The van der Waals surface area contributed by atoms with Crippen molar-refractivity contribution in [1.82, 2.24) is 4.98 Å². The Bertz CT molecular complexity index is 2080. The quantitative estimate of drug-likeness (QED) is 0.0861. The molecule has 0 N–H and O–H groups in total. The van der Waals surface area contributed by atoms with Crippen LogP contribution >= 0.6 is 27.7 Å². The Kier molecular flexibility index (Phi) is 9.62. The second kappa shape index (κ2) is 14.2. The van der Waals surface area contributed by atoms with E-state index in [0.717, 1.165) is 37.8 Å². The number of hydrogen-bond donors (Lipinski definition) is 0. The minimum atomic E-state index is -0.816. The zero-order valence-electron chi connectivity index (χ0n) is 25.6. The molecule has 5 aromatic rings. The van der Waals surface area contributed by atoms with Gasteiger partial charge >= 0.3 is 5.97 Å². The van der Waals surface area contributed by atoms with Crippen LogP contribution in [0.2, 0.25) is 0 Å². The maximum atomic E-state index is 13.7. The molecule has 0 bridgehead atoms. The zero-order valence-corrected chi connectivity index (χ0v) is 28.0. The number of ketones is 1. The molecule has 1 atom stereocenters. The smallest absolute Gasteiger partial charge is 0.338 e. The normalized spacial score (nSPS) is 14.1. The van der Waals surface area contributed by atoms with Gasteiger partial charge < -0.3 is 4.74 Å². The molecular formula is C38H26BrN3O5S. The number of halogens is 1. The first kappa shape index (κ1) is 32.6. The first-order valence-electron chi connectivity index (χ1n) is 14.9. The van der Waals surface area contributed by atoms with Crippen molar-refractivity contribution >= 4 is 56.9 Å². The third-order valence-electron chi connectivity index (χ3n) is 7.75. The van der Waals surface area contributed by atoms with Crippen molar-refractivity contribution in [3.8, 4) is 28.5 Å². The number of pyridine rings is 1. The Labute approximate surface area is 289 Å². The van der Waals surface area contributed by atoms with Gasteiger partial charge in [-0.2, -0.15) is 5.26 Å². The number of Topliss-reactive ketones (excluding diaryl/α,β-unsaturated/α-hetero) is 1. The van der Waals surface area contributed by atoms with Gasteiger partial charge in [0.25, 0.3) is 0 Å². The number of thioether (sulfide) groups is 1. The molecule has 1 fully saturated rings. The summed E-state index contributed by atoms with van der Waals surface area (Å²) in [5, 5.41) is 9.82. The van der Waals surface area contributed by atoms with E-state index in [1.165, 1.54) is 24.3 Å². The van der Waals surface area contributed by atoms with Crippen molar-refractivity contribution in [3.05, 3.63) is 136 Å².